The number of benzene rings is 1. The van der Waals surface area contributed by atoms with Gasteiger partial charge >= 0.3 is 0 Å². The molecule has 0 unspecified atom stereocenters. The predicted octanol–water partition coefficient (Wildman–Crippen LogP) is 2.92. The Hall–Kier alpha value is -2.68. The third kappa shape index (κ3) is 3.94. The molecule has 0 aliphatic carbocycles. The van der Waals surface area contributed by atoms with Crippen LogP contribution in [0.3, 0.4) is 0 Å². The molecule has 0 atom stereocenters. The van der Waals surface area contributed by atoms with E-state index in [1.807, 2.05) is 30.3 Å². The number of thiophene rings is 1. The van der Waals surface area contributed by atoms with Crippen LogP contribution in [0.4, 0.5) is 11.5 Å². The SMILES string of the molecule is CC1(C)Cc2c(c(N3CCOCC3)[nH+]c3sc(C(=O)NCc4ccccc4)c(N)c23)CO1. The summed E-state index contributed by atoms with van der Waals surface area (Å²) in [4.78, 5) is 20.4. The van der Waals surface area contributed by atoms with Gasteiger partial charge in [-0.25, -0.2) is 4.98 Å². The van der Waals surface area contributed by atoms with E-state index < -0.39 is 0 Å². The molecule has 0 spiro atoms. The molecular weight excluding hydrogens is 424 g/mol. The van der Waals surface area contributed by atoms with Crippen molar-refractivity contribution in [1.82, 2.24) is 5.32 Å². The fourth-order valence-electron chi connectivity index (χ4n) is 4.49. The van der Waals surface area contributed by atoms with Crippen molar-refractivity contribution in [3.05, 3.63) is 51.9 Å². The van der Waals surface area contributed by atoms with Gasteiger partial charge in [-0.05, 0) is 25.0 Å². The Morgan fingerprint density at radius 3 is 2.72 bits per heavy atom. The van der Waals surface area contributed by atoms with Crippen LogP contribution >= 0.6 is 11.3 Å². The zero-order chi connectivity index (χ0) is 22.3. The summed E-state index contributed by atoms with van der Waals surface area (Å²) >= 11 is 1.43. The summed E-state index contributed by atoms with van der Waals surface area (Å²) < 4.78 is 11.7. The van der Waals surface area contributed by atoms with Gasteiger partial charge < -0.3 is 20.5 Å². The van der Waals surface area contributed by atoms with Crippen LogP contribution in [0, 0.1) is 0 Å². The third-order valence-corrected chi connectivity index (χ3v) is 7.29. The Morgan fingerprint density at radius 1 is 1.22 bits per heavy atom. The number of nitrogens with one attached hydrogen (secondary N) is 2. The number of carbonyl (C=O) groups excluding carboxylic acids is 1. The van der Waals surface area contributed by atoms with E-state index in [9.17, 15) is 4.79 Å². The molecule has 32 heavy (non-hydrogen) atoms. The second-order valence-corrected chi connectivity index (χ2v) is 9.99. The van der Waals surface area contributed by atoms with Gasteiger partial charge in [0.1, 0.15) is 18.0 Å². The Morgan fingerprint density at radius 2 is 1.97 bits per heavy atom. The first kappa shape index (κ1) is 21.2. The highest BCUT2D eigenvalue weighted by Crippen LogP contribution is 2.41. The minimum absolute atomic E-state index is 0.144. The fourth-order valence-corrected chi connectivity index (χ4v) is 5.55. The van der Waals surface area contributed by atoms with E-state index in [2.05, 4.69) is 29.0 Å². The van der Waals surface area contributed by atoms with E-state index in [0.29, 0.717) is 36.9 Å². The first-order chi connectivity index (χ1) is 15.4. The average molecular weight is 454 g/mol. The van der Waals surface area contributed by atoms with Crippen molar-refractivity contribution in [2.75, 3.05) is 36.9 Å². The number of H-pyrrole nitrogens is 1. The van der Waals surface area contributed by atoms with E-state index in [-0.39, 0.29) is 11.5 Å². The standard InChI is InChI=1S/C24H28N4O3S/c1-24(2)12-16-17(14-31-24)21(28-8-10-30-11-9-28)27-23-18(16)19(25)20(32-23)22(29)26-13-15-6-4-3-5-7-15/h3-7H,8-14,25H2,1-2H3,(H,26,29)/p+1. The third-order valence-electron chi connectivity index (χ3n) is 6.17. The lowest BCUT2D eigenvalue weighted by molar-refractivity contribution is -0.329. The molecule has 1 amide bonds. The molecular formula is C24H29N4O3S+. The molecule has 168 valence electrons. The van der Waals surface area contributed by atoms with Crippen molar-refractivity contribution in [2.24, 2.45) is 0 Å². The number of ether oxygens (including phenoxy) is 2. The van der Waals surface area contributed by atoms with Gasteiger partial charge in [0.25, 0.3) is 11.7 Å². The average Bonchev–Trinajstić information content (AvgIpc) is 3.14. The molecule has 3 aromatic rings. The highest BCUT2D eigenvalue weighted by molar-refractivity contribution is 7.20. The molecule has 4 heterocycles. The summed E-state index contributed by atoms with van der Waals surface area (Å²) in [5, 5.41) is 3.98. The predicted molar refractivity (Wildman–Crippen MR) is 126 cm³/mol. The van der Waals surface area contributed by atoms with Crippen LogP contribution in [-0.4, -0.2) is 37.8 Å². The summed E-state index contributed by atoms with van der Waals surface area (Å²) in [6.45, 7) is 8.24. The smallest absolute Gasteiger partial charge is 0.281 e. The number of fused-ring (bicyclic) bond motifs is 3. The summed E-state index contributed by atoms with van der Waals surface area (Å²) in [6, 6.07) is 9.89. The van der Waals surface area contributed by atoms with Crippen LogP contribution in [0.5, 0.6) is 0 Å². The van der Waals surface area contributed by atoms with E-state index in [1.54, 1.807) is 0 Å². The van der Waals surface area contributed by atoms with E-state index >= 15 is 0 Å². The number of anilines is 2. The molecule has 2 aliphatic rings. The molecule has 1 saturated heterocycles. The van der Waals surface area contributed by atoms with Gasteiger partial charge in [0.2, 0.25) is 0 Å². The molecule has 5 rings (SSSR count). The van der Waals surface area contributed by atoms with Crippen molar-refractivity contribution in [2.45, 2.75) is 39.0 Å². The van der Waals surface area contributed by atoms with Crippen molar-refractivity contribution < 1.29 is 19.3 Å². The first-order valence-corrected chi connectivity index (χ1v) is 11.8. The molecule has 7 nitrogen and oxygen atoms in total. The molecule has 2 aliphatic heterocycles. The maximum atomic E-state index is 13.0. The number of morpholine rings is 1. The molecule has 0 bridgehead atoms. The van der Waals surface area contributed by atoms with Gasteiger partial charge in [0.15, 0.2) is 4.83 Å². The number of hydrogen-bond acceptors (Lipinski definition) is 6. The van der Waals surface area contributed by atoms with E-state index in [0.717, 1.165) is 46.7 Å². The fraction of sp³-hybridized carbons (Fsp3) is 0.417. The molecule has 8 heteroatoms. The number of hydrogen-bond donors (Lipinski definition) is 2. The van der Waals surface area contributed by atoms with Crippen molar-refractivity contribution in [3.63, 3.8) is 0 Å². The van der Waals surface area contributed by atoms with Gasteiger partial charge in [0.05, 0.1) is 42.1 Å². The summed E-state index contributed by atoms with van der Waals surface area (Å²) in [7, 11) is 0. The number of nitrogens with zero attached hydrogens (tertiary/aromatic N) is 1. The maximum absolute atomic E-state index is 13.0. The minimum Gasteiger partial charge on any atom is -0.397 e. The maximum Gasteiger partial charge on any atom is 0.281 e. The quantitative estimate of drug-likeness (QED) is 0.634. The number of amides is 1. The lowest BCUT2D eigenvalue weighted by Crippen LogP contribution is -2.42. The molecule has 2 aromatic heterocycles. The number of carbonyl (C=O) groups is 1. The van der Waals surface area contributed by atoms with Crippen LogP contribution in [0.2, 0.25) is 0 Å². The normalized spacial score (nSPS) is 17.9. The Labute approximate surface area is 191 Å². The van der Waals surface area contributed by atoms with Crippen LogP contribution in [0.1, 0.15) is 40.2 Å². The zero-order valence-electron chi connectivity index (χ0n) is 18.5. The topological polar surface area (TPSA) is 91.0 Å². The Bertz CT molecular complexity index is 1150. The second-order valence-electron chi connectivity index (χ2n) is 8.97. The second kappa shape index (κ2) is 8.35. The van der Waals surface area contributed by atoms with Crippen molar-refractivity contribution in [3.8, 4) is 0 Å². The van der Waals surface area contributed by atoms with E-state index in [1.165, 1.54) is 16.9 Å². The Kier molecular flexibility index (Phi) is 5.53. The zero-order valence-corrected chi connectivity index (χ0v) is 19.3. The largest absolute Gasteiger partial charge is 0.397 e. The summed E-state index contributed by atoms with van der Waals surface area (Å²) in [5.74, 6) is 0.915. The summed E-state index contributed by atoms with van der Waals surface area (Å²) in [5.41, 5.74) is 10.3. The molecule has 1 aromatic carbocycles. The van der Waals surface area contributed by atoms with Crippen molar-refractivity contribution in [1.29, 1.82) is 0 Å². The number of nitrogens with two attached hydrogens (primary N) is 1. The highest BCUT2D eigenvalue weighted by Gasteiger charge is 2.36. The van der Waals surface area contributed by atoms with Gasteiger partial charge in [-0.1, -0.05) is 41.7 Å². The van der Waals surface area contributed by atoms with Crippen molar-refractivity contribution >= 4 is 39.0 Å². The number of nitrogen functional groups attached to an aromatic ring is 1. The highest BCUT2D eigenvalue weighted by atomic mass is 32.1. The summed E-state index contributed by atoms with van der Waals surface area (Å²) in [6.07, 6.45) is 0.747. The molecule has 0 radical (unpaired) electrons. The number of rotatable bonds is 4. The van der Waals surface area contributed by atoms with Crippen LogP contribution in [0.15, 0.2) is 30.3 Å². The number of pyridine rings is 1. The number of aromatic amines is 1. The molecule has 1 fully saturated rings. The minimum atomic E-state index is -0.284. The van der Waals surface area contributed by atoms with Gasteiger partial charge in [-0.15, -0.1) is 0 Å². The first-order valence-electron chi connectivity index (χ1n) is 11.0. The van der Waals surface area contributed by atoms with Gasteiger partial charge in [0, 0.05) is 13.0 Å². The molecule has 4 N–H and O–H groups in total. The van der Waals surface area contributed by atoms with Gasteiger partial charge in [-0.3, -0.25) is 9.69 Å². The molecule has 0 saturated carbocycles. The van der Waals surface area contributed by atoms with Crippen LogP contribution < -0.4 is 20.9 Å². The van der Waals surface area contributed by atoms with Gasteiger partial charge in [-0.2, -0.15) is 0 Å². The lowest BCUT2D eigenvalue weighted by Gasteiger charge is -2.33. The lowest BCUT2D eigenvalue weighted by atomic mass is 9.89. The Balaban J connectivity index is 1.55. The van der Waals surface area contributed by atoms with Crippen LogP contribution in [-0.2, 0) is 29.0 Å². The number of aromatic nitrogens is 1. The van der Waals surface area contributed by atoms with Crippen LogP contribution in [0.25, 0.3) is 10.2 Å². The monoisotopic (exact) mass is 453 g/mol. The van der Waals surface area contributed by atoms with E-state index in [4.69, 9.17) is 15.2 Å².